The maximum absolute atomic E-state index is 12.1. The fourth-order valence-electron chi connectivity index (χ4n) is 4.76. The van der Waals surface area contributed by atoms with E-state index in [1.807, 2.05) is 13.8 Å². The molecule has 0 aromatic rings. The highest BCUT2D eigenvalue weighted by molar-refractivity contribution is 5.74. The normalized spacial score (nSPS) is 57.8. The van der Waals surface area contributed by atoms with Gasteiger partial charge in [-0.25, -0.2) is 9.78 Å². The zero-order valence-electron chi connectivity index (χ0n) is 12.3. The van der Waals surface area contributed by atoms with Crippen molar-refractivity contribution in [1.29, 1.82) is 0 Å². The molecule has 2 bridgehead atoms. The molecule has 112 valence electrons. The molecule has 0 aromatic carbocycles. The molecular formula is C15H22O5. The van der Waals surface area contributed by atoms with E-state index in [4.69, 9.17) is 19.2 Å². The third-order valence-corrected chi connectivity index (χ3v) is 5.97. The second-order valence-corrected chi connectivity index (χ2v) is 7.14. The van der Waals surface area contributed by atoms with E-state index < -0.39 is 17.7 Å². The lowest BCUT2D eigenvalue weighted by Crippen LogP contribution is -2.69. The van der Waals surface area contributed by atoms with Gasteiger partial charge in [0.05, 0.1) is 5.92 Å². The van der Waals surface area contributed by atoms with E-state index in [1.165, 1.54) is 0 Å². The molecule has 20 heavy (non-hydrogen) atoms. The lowest BCUT2D eigenvalue weighted by Gasteiger charge is -2.57. The van der Waals surface area contributed by atoms with Crippen LogP contribution in [-0.4, -0.2) is 23.6 Å². The highest BCUT2D eigenvalue weighted by atomic mass is 17.3. The molecule has 5 rings (SSSR count). The smallest absolute Gasteiger partial charge is 0.311 e. The number of hydrogen-bond donors (Lipinski definition) is 0. The van der Waals surface area contributed by atoms with E-state index in [0.29, 0.717) is 11.8 Å². The zero-order valence-corrected chi connectivity index (χ0v) is 12.3. The SMILES string of the molecule is CC1CCC2C(C)C(=O)OC3O[C@]4(C)CCC1[C@@]32OO4. The first-order valence-corrected chi connectivity index (χ1v) is 7.71. The largest absolute Gasteiger partial charge is 0.432 e. The van der Waals surface area contributed by atoms with Crippen molar-refractivity contribution in [2.24, 2.45) is 23.7 Å². The van der Waals surface area contributed by atoms with Gasteiger partial charge < -0.3 is 9.47 Å². The number of carbonyl (C=O) groups is 1. The van der Waals surface area contributed by atoms with Crippen molar-refractivity contribution >= 4 is 5.97 Å². The van der Waals surface area contributed by atoms with Crippen molar-refractivity contribution in [1.82, 2.24) is 0 Å². The highest BCUT2D eigenvalue weighted by Crippen LogP contribution is 2.59. The molecule has 5 heteroatoms. The van der Waals surface area contributed by atoms with Crippen LogP contribution in [0.2, 0.25) is 0 Å². The lowest BCUT2D eigenvalue weighted by molar-refractivity contribution is -0.559. The fraction of sp³-hybridized carbons (Fsp3) is 0.933. The van der Waals surface area contributed by atoms with Gasteiger partial charge >= 0.3 is 5.97 Å². The number of rotatable bonds is 0. The summed E-state index contributed by atoms with van der Waals surface area (Å²) < 4.78 is 11.6. The molecule has 5 nitrogen and oxygen atoms in total. The first kappa shape index (κ1) is 13.0. The summed E-state index contributed by atoms with van der Waals surface area (Å²) in [5, 5.41) is 0. The molecule has 1 saturated carbocycles. The van der Waals surface area contributed by atoms with Gasteiger partial charge in [-0.3, -0.25) is 4.79 Å². The summed E-state index contributed by atoms with van der Waals surface area (Å²) in [4.78, 5) is 23.7. The zero-order chi connectivity index (χ0) is 14.1. The van der Waals surface area contributed by atoms with Gasteiger partial charge in [-0.1, -0.05) is 13.8 Å². The Balaban J connectivity index is 1.84. The van der Waals surface area contributed by atoms with Gasteiger partial charge in [0.2, 0.25) is 12.1 Å². The Hall–Kier alpha value is -0.650. The first-order valence-electron chi connectivity index (χ1n) is 7.71. The van der Waals surface area contributed by atoms with Crippen molar-refractivity contribution in [3.63, 3.8) is 0 Å². The van der Waals surface area contributed by atoms with Gasteiger partial charge in [0.25, 0.3) is 0 Å². The number of fused-ring (bicyclic) bond motifs is 2. The topological polar surface area (TPSA) is 54.0 Å². The molecule has 0 amide bonds. The monoisotopic (exact) mass is 282 g/mol. The lowest BCUT2D eigenvalue weighted by atomic mass is 9.58. The van der Waals surface area contributed by atoms with E-state index in [-0.39, 0.29) is 17.8 Å². The van der Waals surface area contributed by atoms with Crippen LogP contribution in [0.5, 0.6) is 0 Å². The molecule has 5 fully saturated rings. The van der Waals surface area contributed by atoms with Gasteiger partial charge in [0.1, 0.15) is 0 Å². The minimum atomic E-state index is -0.793. The summed E-state index contributed by atoms with van der Waals surface area (Å²) in [6.45, 7) is 6.06. The third kappa shape index (κ3) is 1.46. The van der Waals surface area contributed by atoms with Crippen LogP contribution in [0.4, 0.5) is 0 Å². The van der Waals surface area contributed by atoms with Crippen LogP contribution in [0.15, 0.2) is 0 Å². The Labute approximate surface area is 118 Å². The predicted octanol–water partition coefficient (Wildman–Crippen LogP) is 2.39. The molecule has 0 aromatic heterocycles. The van der Waals surface area contributed by atoms with Gasteiger partial charge in [-0.15, -0.1) is 0 Å². The highest BCUT2D eigenvalue weighted by Gasteiger charge is 2.69. The van der Waals surface area contributed by atoms with Gasteiger partial charge in [0, 0.05) is 18.3 Å². The second-order valence-electron chi connectivity index (χ2n) is 7.14. The summed E-state index contributed by atoms with van der Waals surface area (Å²) in [6.07, 6.45) is 3.24. The molecule has 7 atom stereocenters. The molecule has 4 saturated heterocycles. The van der Waals surface area contributed by atoms with E-state index in [1.54, 1.807) is 0 Å². The van der Waals surface area contributed by atoms with Crippen molar-refractivity contribution in [3.8, 4) is 0 Å². The molecular weight excluding hydrogens is 260 g/mol. The Kier molecular flexibility index (Phi) is 2.58. The third-order valence-electron chi connectivity index (χ3n) is 5.97. The van der Waals surface area contributed by atoms with Crippen molar-refractivity contribution < 1.29 is 24.0 Å². The van der Waals surface area contributed by atoms with E-state index in [0.717, 1.165) is 25.7 Å². The molecule has 5 unspecified atom stereocenters. The number of esters is 1. The molecule has 0 N–H and O–H groups in total. The fourth-order valence-corrected chi connectivity index (χ4v) is 4.76. The van der Waals surface area contributed by atoms with Crippen LogP contribution in [0.25, 0.3) is 0 Å². The number of carbonyl (C=O) groups excluding carboxylic acids is 1. The second kappa shape index (κ2) is 3.96. The molecule has 4 aliphatic heterocycles. The molecule has 1 aliphatic carbocycles. The Morgan fingerprint density at radius 1 is 1.10 bits per heavy atom. The average Bonchev–Trinajstić information content (AvgIpc) is 2.63. The summed E-state index contributed by atoms with van der Waals surface area (Å²) in [6, 6.07) is 0. The van der Waals surface area contributed by atoms with Gasteiger partial charge in [-0.2, -0.15) is 0 Å². The summed E-state index contributed by atoms with van der Waals surface area (Å²) in [5.74, 6) is -0.137. The van der Waals surface area contributed by atoms with E-state index >= 15 is 0 Å². The average molecular weight is 282 g/mol. The van der Waals surface area contributed by atoms with Crippen LogP contribution in [0.3, 0.4) is 0 Å². The van der Waals surface area contributed by atoms with Crippen LogP contribution in [-0.2, 0) is 24.0 Å². The van der Waals surface area contributed by atoms with E-state index in [9.17, 15) is 4.79 Å². The van der Waals surface area contributed by atoms with Gasteiger partial charge in [-0.05, 0) is 32.1 Å². The van der Waals surface area contributed by atoms with E-state index in [2.05, 4.69) is 6.92 Å². The summed E-state index contributed by atoms with van der Waals surface area (Å²) >= 11 is 0. The van der Waals surface area contributed by atoms with Crippen molar-refractivity contribution in [3.05, 3.63) is 0 Å². The Bertz CT molecular complexity index is 452. The minimum Gasteiger partial charge on any atom is -0.432 e. The molecule has 5 aliphatic rings. The summed E-state index contributed by atoms with van der Waals surface area (Å²) in [5.41, 5.74) is -0.610. The number of hydrogen-bond acceptors (Lipinski definition) is 5. The van der Waals surface area contributed by atoms with Gasteiger partial charge in [0.15, 0.2) is 5.60 Å². The first-order chi connectivity index (χ1) is 9.46. The Morgan fingerprint density at radius 3 is 2.70 bits per heavy atom. The van der Waals surface area contributed by atoms with Crippen molar-refractivity contribution in [2.45, 2.75) is 64.1 Å². The predicted molar refractivity (Wildman–Crippen MR) is 68.0 cm³/mol. The van der Waals surface area contributed by atoms with Crippen LogP contribution >= 0.6 is 0 Å². The van der Waals surface area contributed by atoms with Crippen LogP contribution < -0.4 is 0 Å². The molecule has 0 radical (unpaired) electrons. The standard InChI is InChI=1S/C15H22O5/c1-8-4-5-11-9(2)12(16)17-13-15(11)10(8)6-7-14(3,18-13)19-20-15/h8-11,13H,4-7H2,1-3H3/t8?,9?,10?,11?,13?,14-,15-/m0/s1. The van der Waals surface area contributed by atoms with Crippen LogP contribution in [0, 0.1) is 23.7 Å². The maximum atomic E-state index is 12.1. The summed E-state index contributed by atoms with van der Waals surface area (Å²) in [7, 11) is 0. The quantitative estimate of drug-likeness (QED) is 0.504. The molecule has 4 heterocycles. The minimum absolute atomic E-state index is 0.123. The number of ether oxygens (including phenoxy) is 2. The molecule has 1 spiro atoms. The van der Waals surface area contributed by atoms with Crippen molar-refractivity contribution in [2.75, 3.05) is 0 Å². The maximum Gasteiger partial charge on any atom is 0.311 e. The Morgan fingerprint density at radius 2 is 1.90 bits per heavy atom. The van der Waals surface area contributed by atoms with Crippen LogP contribution in [0.1, 0.15) is 46.5 Å².